The number of ether oxygens (including phenoxy) is 1. The van der Waals surface area contributed by atoms with E-state index < -0.39 is 0 Å². The summed E-state index contributed by atoms with van der Waals surface area (Å²) in [4.78, 5) is 19.2. The summed E-state index contributed by atoms with van der Waals surface area (Å²) >= 11 is 3.64. The molecule has 2 aliphatic heterocycles. The van der Waals surface area contributed by atoms with Crippen molar-refractivity contribution in [3.05, 3.63) is 28.2 Å². The van der Waals surface area contributed by atoms with E-state index in [1.54, 1.807) is 0 Å². The van der Waals surface area contributed by atoms with Crippen molar-refractivity contribution in [1.82, 2.24) is 9.80 Å². The van der Waals surface area contributed by atoms with Crippen LogP contribution in [-0.2, 0) is 9.53 Å². The number of halogens is 1. The Morgan fingerprint density at radius 3 is 2.43 bits per heavy atom. The molecule has 0 atom stereocenters. The number of carbonyl (C=O) groups is 1. The van der Waals surface area contributed by atoms with Crippen LogP contribution in [0.15, 0.2) is 22.7 Å². The molecule has 0 radical (unpaired) electrons. The Bertz CT molecular complexity index is 741. The highest BCUT2D eigenvalue weighted by atomic mass is 79.9. The third-order valence-electron chi connectivity index (χ3n) is 5.92. The Labute approximate surface area is 188 Å². The maximum atomic E-state index is 12.0. The van der Waals surface area contributed by atoms with E-state index in [-0.39, 0.29) is 11.8 Å². The number of nitrogen functional groups attached to an aromatic ring is 1. The predicted octanol–water partition coefficient (Wildman–Crippen LogP) is 2.52. The van der Waals surface area contributed by atoms with E-state index >= 15 is 0 Å². The van der Waals surface area contributed by atoms with Crippen molar-refractivity contribution in [2.24, 2.45) is 11.7 Å². The van der Waals surface area contributed by atoms with Gasteiger partial charge >= 0.3 is 5.97 Å². The summed E-state index contributed by atoms with van der Waals surface area (Å²) in [6.45, 7) is 11.0. The van der Waals surface area contributed by atoms with E-state index in [0.717, 1.165) is 67.8 Å². The molecule has 166 valence electrons. The summed E-state index contributed by atoms with van der Waals surface area (Å²) in [6, 6.07) is 6.48. The molecule has 1 aromatic carbocycles. The van der Waals surface area contributed by atoms with Crippen LogP contribution in [0.4, 0.5) is 5.69 Å². The molecule has 2 saturated heterocycles. The first-order chi connectivity index (χ1) is 14.3. The van der Waals surface area contributed by atoms with E-state index in [1.807, 2.05) is 18.2 Å². The Morgan fingerprint density at radius 1 is 1.20 bits per heavy atom. The second-order valence-corrected chi connectivity index (χ2v) is 9.54. The summed E-state index contributed by atoms with van der Waals surface area (Å²) in [5.74, 6) is 0.370. The van der Waals surface area contributed by atoms with Gasteiger partial charge in [-0.1, -0.05) is 13.8 Å². The van der Waals surface area contributed by atoms with Crippen molar-refractivity contribution in [2.45, 2.75) is 32.7 Å². The van der Waals surface area contributed by atoms with Gasteiger partial charge in [-0.15, -0.1) is 0 Å². The van der Waals surface area contributed by atoms with Gasteiger partial charge < -0.3 is 15.4 Å². The number of carbonyl (C=O) groups excluding carboxylic acids is 1. The number of esters is 1. The van der Waals surface area contributed by atoms with Crippen molar-refractivity contribution >= 4 is 33.4 Å². The number of anilines is 1. The number of nitrogens with one attached hydrogen (secondary N) is 1. The Hall–Kier alpha value is -1.64. The minimum absolute atomic E-state index is 0.0894. The number of hydrogen-bond donors (Lipinski definition) is 2. The lowest BCUT2D eigenvalue weighted by Crippen LogP contribution is -2.53. The average Bonchev–Trinajstić information content (AvgIpc) is 2.73. The van der Waals surface area contributed by atoms with Gasteiger partial charge in [0.15, 0.2) is 0 Å². The van der Waals surface area contributed by atoms with Crippen LogP contribution in [0, 0.1) is 11.3 Å². The van der Waals surface area contributed by atoms with Gasteiger partial charge in [0.1, 0.15) is 5.84 Å². The van der Waals surface area contributed by atoms with Crippen LogP contribution in [0.5, 0.6) is 0 Å². The molecule has 2 fully saturated rings. The second kappa shape index (κ2) is 10.6. The largest absolute Gasteiger partial charge is 0.464 e. The van der Waals surface area contributed by atoms with Crippen LogP contribution in [0.25, 0.3) is 0 Å². The maximum Gasteiger partial charge on any atom is 0.320 e. The number of piperidine rings is 1. The Kier molecular flexibility index (Phi) is 8.13. The summed E-state index contributed by atoms with van der Waals surface area (Å²) in [5.41, 5.74) is 7.49. The zero-order chi connectivity index (χ0) is 21.7. The highest BCUT2D eigenvalue weighted by molar-refractivity contribution is 9.10. The number of hydrogen-bond acceptors (Lipinski definition) is 6. The Morgan fingerprint density at radius 2 is 1.87 bits per heavy atom. The molecule has 3 N–H and O–H groups in total. The molecule has 0 aliphatic carbocycles. The van der Waals surface area contributed by atoms with E-state index in [9.17, 15) is 4.79 Å². The number of benzene rings is 1. The number of nitrogens with two attached hydrogens (primary N) is 1. The molecule has 0 aromatic heterocycles. The molecular formula is C22H34BrN5O2. The van der Waals surface area contributed by atoms with Crippen molar-refractivity contribution in [3.63, 3.8) is 0 Å². The second-order valence-electron chi connectivity index (χ2n) is 8.69. The van der Waals surface area contributed by atoms with Gasteiger partial charge in [-0.3, -0.25) is 20.0 Å². The molecule has 2 aliphatic rings. The third-order valence-corrected chi connectivity index (χ3v) is 6.55. The van der Waals surface area contributed by atoms with Gasteiger partial charge in [-0.25, -0.2) is 0 Å². The van der Waals surface area contributed by atoms with Crippen LogP contribution in [0.3, 0.4) is 0 Å². The average molecular weight is 480 g/mol. The molecule has 0 unspecified atom stereocenters. The van der Waals surface area contributed by atoms with Crippen LogP contribution < -0.4 is 10.6 Å². The molecule has 0 amide bonds. The minimum atomic E-state index is -0.0999. The first kappa shape index (κ1) is 23.0. The van der Waals surface area contributed by atoms with Crippen LogP contribution in [-0.4, -0.2) is 80.1 Å². The van der Waals surface area contributed by atoms with E-state index in [0.29, 0.717) is 25.1 Å². The normalized spacial score (nSPS) is 19.3. The summed E-state index contributed by atoms with van der Waals surface area (Å²) in [6.07, 6.45) is 2.21. The fraction of sp³-hybridized carbons (Fsp3) is 0.636. The SMILES string of the molecule is CC(C)COC(=O)CN1CCC(N2CCN(c3ccc(C(=N)N)cc3Br)CC2)CC1. The maximum absolute atomic E-state index is 12.0. The van der Waals surface area contributed by atoms with Gasteiger partial charge in [0, 0.05) is 55.3 Å². The van der Waals surface area contributed by atoms with Crippen molar-refractivity contribution in [2.75, 3.05) is 57.3 Å². The number of piperazine rings is 1. The zero-order valence-electron chi connectivity index (χ0n) is 18.1. The van der Waals surface area contributed by atoms with Crippen LogP contribution >= 0.6 is 15.9 Å². The number of likely N-dealkylation sites (tertiary alicyclic amines) is 1. The molecule has 1 aromatic rings. The van der Waals surface area contributed by atoms with Crippen molar-refractivity contribution < 1.29 is 9.53 Å². The highest BCUT2D eigenvalue weighted by Gasteiger charge is 2.28. The number of nitrogens with zero attached hydrogens (tertiary/aromatic N) is 3. The first-order valence-corrected chi connectivity index (χ1v) is 11.6. The van der Waals surface area contributed by atoms with Crippen molar-refractivity contribution in [3.8, 4) is 0 Å². The smallest absolute Gasteiger partial charge is 0.320 e. The Balaban J connectivity index is 1.43. The fourth-order valence-electron chi connectivity index (χ4n) is 4.19. The lowest BCUT2D eigenvalue weighted by atomic mass is 10.0. The van der Waals surface area contributed by atoms with Crippen LogP contribution in [0.2, 0.25) is 0 Å². The van der Waals surface area contributed by atoms with E-state index in [1.165, 1.54) is 0 Å². The fourth-order valence-corrected chi connectivity index (χ4v) is 4.82. The summed E-state index contributed by atoms with van der Waals surface area (Å²) in [5, 5.41) is 7.58. The monoisotopic (exact) mass is 479 g/mol. The van der Waals surface area contributed by atoms with Gasteiger partial charge in [-0.2, -0.15) is 0 Å². The molecule has 0 spiro atoms. The summed E-state index contributed by atoms with van der Waals surface area (Å²) < 4.78 is 6.30. The minimum Gasteiger partial charge on any atom is -0.464 e. The molecule has 3 rings (SSSR count). The molecule has 30 heavy (non-hydrogen) atoms. The number of rotatable bonds is 7. The molecule has 7 nitrogen and oxygen atoms in total. The molecular weight excluding hydrogens is 446 g/mol. The summed E-state index contributed by atoms with van der Waals surface area (Å²) in [7, 11) is 0. The predicted molar refractivity (Wildman–Crippen MR) is 124 cm³/mol. The quantitative estimate of drug-likeness (QED) is 0.355. The molecule has 2 heterocycles. The molecule has 0 bridgehead atoms. The first-order valence-electron chi connectivity index (χ1n) is 10.8. The van der Waals surface area contributed by atoms with Gasteiger partial charge in [-0.05, 0) is 52.9 Å². The van der Waals surface area contributed by atoms with E-state index in [2.05, 4.69) is 44.5 Å². The highest BCUT2D eigenvalue weighted by Crippen LogP contribution is 2.29. The van der Waals surface area contributed by atoms with E-state index in [4.69, 9.17) is 15.9 Å². The topological polar surface area (TPSA) is 85.9 Å². The number of amidine groups is 1. The third kappa shape index (κ3) is 6.18. The van der Waals surface area contributed by atoms with Gasteiger partial charge in [0.05, 0.1) is 18.8 Å². The lowest BCUT2D eigenvalue weighted by Gasteiger charge is -2.43. The molecule has 0 saturated carbocycles. The van der Waals surface area contributed by atoms with Gasteiger partial charge in [0.2, 0.25) is 0 Å². The standard InChI is InChI=1S/C22H34BrN5O2/c1-16(2)15-30-21(29)14-26-7-5-18(6-8-26)27-9-11-28(12-10-27)20-4-3-17(22(24)25)13-19(20)23/h3-4,13,16,18H,5-12,14-15H2,1-2H3,(H3,24,25). The van der Waals surface area contributed by atoms with Crippen LogP contribution in [0.1, 0.15) is 32.3 Å². The molecule has 8 heteroatoms. The van der Waals surface area contributed by atoms with Crippen molar-refractivity contribution in [1.29, 1.82) is 5.41 Å². The van der Waals surface area contributed by atoms with Gasteiger partial charge in [0.25, 0.3) is 0 Å². The lowest BCUT2D eigenvalue weighted by molar-refractivity contribution is -0.146. The zero-order valence-corrected chi connectivity index (χ0v) is 19.7.